The van der Waals surface area contributed by atoms with Gasteiger partial charge >= 0.3 is 0 Å². The number of hydrogen-bond acceptors (Lipinski definition) is 7. The van der Waals surface area contributed by atoms with Crippen LogP contribution in [0.15, 0.2) is 30.5 Å². The zero-order valence-electron chi connectivity index (χ0n) is 17.9. The summed E-state index contributed by atoms with van der Waals surface area (Å²) in [6, 6.07) is 7.13. The Labute approximate surface area is 188 Å². The SMILES string of the molecule is CC1CN(c2ccc(C(=O)Nc3cc(F)c4nn(C)cc4c3)c3nc(CN)sc23)CCN1. The van der Waals surface area contributed by atoms with E-state index in [1.807, 2.05) is 6.07 Å². The minimum absolute atomic E-state index is 0.273. The number of amides is 1. The minimum Gasteiger partial charge on any atom is -0.368 e. The number of thiazole rings is 1. The van der Waals surface area contributed by atoms with Crippen LogP contribution in [0.4, 0.5) is 15.8 Å². The highest BCUT2D eigenvalue weighted by Gasteiger charge is 2.23. The first kappa shape index (κ1) is 20.8. The first-order chi connectivity index (χ1) is 15.4. The van der Waals surface area contributed by atoms with E-state index in [0.29, 0.717) is 34.7 Å². The number of anilines is 2. The maximum Gasteiger partial charge on any atom is 0.257 e. The van der Waals surface area contributed by atoms with Crippen LogP contribution in [0.5, 0.6) is 0 Å². The smallest absolute Gasteiger partial charge is 0.257 e. The molecule has 2 aromatic heterocycles. The third-order valence-electron chi connectivity index (χ3n) is 5.63. The van der Waals surface area contributed by atoms with Gasteiger partial charge in [0.15, 0.2) is 5.82 Å². The Balaban J connectivity index is 1.51. The highest BCUT2D eigenvalue weighted by atomic mass is 32.1. The first-order valence-corrected chi connectivity index (χ1v) is 11.3. The van der Waals surface area contributed by atoms with Crippen LogP contribution in [-0.4, -0.2) is 46.3 Å². The van der Waals surface area contributed by atoms with E-state index in [-0.39, 0.29) is 11.4 Å². The fraction of sp³-hybridized carbons (Fsp3) is 0.318. The summed E-state index contributed by atoms with van der Waals surface area (Å²) in [4.78, 5) is 20.1. The summed E-state index contributed by atoms with van der Waals surface area (Å²) in [6.07, 6.45) is 1.71. The molecule has 0 spiro atoms. The summed E-state index contributed by atoms with van der Waals surface area (Å²) in [7, 11) is 1.73. The van der Waals surface area contributed by atoms with Crippen LogP contribution in [0, 0.1) is 5.82 Å². The third-order valence-corrected chi connectivity index (χ3v) is 6.73. The van der Waals surface area contributed by atoms with Crippen molar-refractivity contribution >= 4 is 49.7 Å². The summed E-state index contributed by atoms with van der Waals surface area (Å²) in [5.41, 5.74) is 8.63. The Kier molecular flexibility index (Phi) is 5.28. The molecular formula is C22H24FN7OS. The molecule has 1 atom stereocenters. The summed E-state index contributed by atoms with van der Waals surface area (Å²) in [5, 5.41) is 11.8. The van der Waals surface area contributed by atoms with E-state index in [4.69, 9.17) is 5.73 Å². The normalized spacial score (nSPS) is 16.8. The van der Waals surface area contributed by atoms with Crippen molar-refractivity contribution in [2.45, 2.75) is 19.5 Å². The zero-order valence-corrected chi connectivity index (χ0v) is 18.7. The largest absolute Gasteiger partial charge is 0.368 e. The number of nitrogens with one attached hydrogen (secondary N) is 2. The first-order valence-electron chi connectivity index (χ1n) is 10.5. The second kappa shape index (κ2) is 8.12. The number of hydrogen-bond donors (Lipinski definition) is 3. The van der Waals surface area contributed by atoms with Crippen molar-refractivity contribution in [3.05, 3.63) is 46.9 Å². The standard InChI is InChI=1S/C22H24FN7OS/c1-12-10-30(6-5-25-12)17-4-3-15(20-21(17)32-18(9-24)27-20)22(31)26-14-7-13-11-29(2)28-19(13)16(23)8-14/h3-4,7-8,11-12,25H,5-6,9-10,24H2,1-2H3,(H,26,31). The van der Waals surface area contributed by atoms with Crippen LogP contribution in [0.2, 0.25) is 0 Å². The van der Waals surface area contributed by atoms with Gasteiger partial charge in [-0.05, 0) is 31.2 Å². The van der Waals surface area contributed by atoms with Gasteiger partial charge in [0, 0.05) is 56.5 Å². The molecule has 166 valence electrons. The molecule has 1 aliphatic heterocycles. The van der Waals surface area contributed by atoms with Gasteiger partial charge in [-0.15, -0.1) is 11.3 Å². The average Bonchev–Trinajstić information content (AvgIpc) is 3.36. The molecule has 1 fully saturated rings. The number of aryl methyl sites for hydroxylation is 1. The maximum atomic E-state index is 14.4. The van der Waals surface area contributed by atoms with Gasteiger partial charge in [-0.25, -0.2) is 9.37 Å². The molecule has 2 aromatic carbocycles. The van der Waals surface area contributed by atoms with Crippen molar-refractivity contribution in [2.75, 3.05) is 29.9 Å². The molecule has 3 heterocycles. The molecule has 0 bridgehead atoms. The number of nitrogens with zero attached hydrogens (tertiary/aromatic N) is 4. The molecule has 0 aliphatic carbocycles. The molecular weight excluding hydrogens is 429 g/mol. The lowest BCUT2D eigenvalue weighted by atomic mass is 10.1. The second-order valence-electron chi connectivity index (χ2n) is 8.08. The number of carbonyl (C=O) groups excluding carboxylic acids is 1. The van der Waals surface area contributed by atoms with E-state index in [2.05, 4.69) is 32.5 Å². The molecule has 8 nitrogen and oxygen atoms in total. The van der Waals surface area contributed by atoms with Crippen LogP contribution in [0.25, 0.3) is 21.1 Å². The van der Waals surface area contributed by atoms with Crippen molar-refractivity contribution in [1.82, 2.24) is 20.1 Å². The summed E-state index contributed by atoms with van der Waals surface area (Å²) in [5.74, 6) is -0.822. The third kappa shape index (κ3) is 3.70. The summed E-state index contributed by atoms with van der Waals surface area (Å²) in [6.45, 7) is 5.12. The number of fused-ring (bicyclic) bond motifs is 2. The molecule has 4 aromatic rings. The predicted octanol–water partition coefficient (Wildman–Crippen LogP) is 2.83. The monoisotopic (exact) mass is 453 g/mol. The number of nitrogens with two attached hydrogens (primary N) is 1. The molecule has 10 heteroatoms. The number of piperazine rings is 1. The molecule has 1 saturated heterocycles. The quantitative estimate of drug-likeness (QED) is 0.439. The highest BCUT2D eigenvalue weighted by molar-refractivity contribution is 7.19. The van der Waals surface area contributed by atoms with Crippen molar-refractivity contribution in [3.63, 3.8) is 0 Å². The van der Waals surface area contributed by atoms with E-state index in [0.717, 1.165) is 35.0 Å². The topological polar surface area (TPSA) is 101 Å². The minimum atomic E-state index is -0.481. The van der Waals surface area contributed by atoms with E-state index in [1.54, 1.807) is 30.1 Å². The van der Waals surface area contributed by atoms with Gasteiger partial charge in [0.25, 0.3) is 5.91 Å². The molecule has 1 unspecified atom stereocenters. The zero-order chi connectivity index (χ0) is 22.4. The van der Waals surface area contributed by atoms with Crippen LogP contribution in [0.3, 0.4) is 0 Å². The molecule has 1 amide bonds. The maximum absolute atomic E-state index is 14.4. The average molecular weight is 454 g/mol. The van der Waals surface area contributed by atoms with Crippen molar-refractivity contribution in [3.8, 4) is 0 Å². The summed E-state index contributed by atoms with van der Waals surface area (Å²) < 4.78 is 16.9. The van der Waals surface area contributed by atoms with Crippen LogP contribution in [0.1, 0.15) is 22.3 Å². The van der Waals surface area contributed by atoms with Gasteiger partial charge < -0.3 is 21.3 Å². The van der Waals surface area contributed by atoms with Gasteiger partial charge in [0.05, 0.1) is 21.5 Å². The van der Waals surface area contributed by atoms with E-state index < -0.39 is 5.82 Å². The van der Waals surface area contributed by atoms with Gasteiger partial charge in [-0.3, -0.25) is 9.48 Å². The molecule has 0 saturated carbocycles. The lowest BCUT2D eigenvalue weighted by molar-refractivity contribution is 0.102. The number of aromatic nitrogens is 3. The Morgan fingerprint density at radius 2 is 2.22 bits per heavy atom. The van der Waals surface area contributed by atoms with Gasteiger partial charge in [-0.1, -0.05) is 0 Å². The molecule has 4 N–H and O–H groups in total. The van der Waals surface area contributed by atoms with Gasteiger partial charge in [0.1, 0.15) is 10.5 Å². The Morgan fingerprint density at radius 1 is 1.38 bits per heavy atom. The second-order valence-corrected chi connectivity index (χ2v) is 9.16. The van der Waals surface area contributed by atoms with Crippen molar-refractivity contribution < 1.29 is 9.18 Å². The fourth-order valence-electron chi connectivity index (χ4n) is 4.19. The number of halogens is 1. The fourth-order valence-corrected chi connectivity index (χ4v) is 5.20. The molecule has 0 radical (unpaired) electrons. The molecule has 32 heavy (non-hydrogen) atoms. The Bertz CT molecular complexity index is 1330. The Morgan fingerprint density at radius 3 is 3.00 bits per heavy atom. The molecule has 1 aliphatic rings. The lowest BCUT2D eigenvalue weighted by Gasteiger charge is -2.34. The van der Waals surface area contributed by atoms with Crippen LogP contribution in [-0.2, 0) is 13.6 Å². The van der Waals surface area contributed by atoms with E-state index in [9.17, 15) is 9.18 Å². The van der Waals surface area contributed by atoms with Gasteiger partial charge in [0.2, 0.25) is 0 Å². The highest BCUT2D eigenvalue weighted by Crippen LogP contribution is 2.35. The Hall–Kier alpha value is -3.08. The van der Waals surface area contributed by atoms with Crippen LogP contribution >= 0.6 is 11.3 Å². The molecule has 5 rings (SSSR count). The number of rotatable bonds is 4. The number of carbonyl (C=O) groups is 1. The van der Waals surface area contributed by atoms with Crippen molar-refractivity contribution in [2.24, 2.45) is 12.8 Å². The lowest BCUT2D eigenvalue weighted by Crippen LogP contribution is -2.49. The van der Waals surface area contributed by atoms with Gasteiger partial charge in [-0.2, -0.15) is 5.10 Å². The van der Waals surface area contributed by atoms with Crippen molar-refractivity contribution in [1.29, 1.82) is 0 Å². The van der Waals surface area contributed by atoms with Crippen LogP contribution < -0.4 is 21.3 Å². The van der Waals surface area contributed by atoms with E-state index >= 15 is 0 Å². The summed E-state index contributed by atoms with van der Waals surface area (Å²) >= 11 is 1.51. The predicted molar refractivity (Wildman–Crippen MR) is 126 cm³/mol. The number of benzene rings is 2. The van der Waals surface area contributed by atoms with E-state index in [1.165, 1.54) is 17.4 Å².